The molecule has 0 aliphatic carbocycles. The minimum atomic E-state index is 0.553. The lowest BCUT2D eigenvalue weighted by atomic mass is 9.92. The minimum absolute atomic E-state index is 0.553. The average molecular weight is 842 g/mol. The van der Waals surface area contributed by atoms with E-state index in [-0.39, 0.29) is 0 Å². The van der Waals surface area contributed by atoms with E-state index in [1.54, 1.807) is 0 Å². The quantitative estimate of drug-likeness (QED) is 0.162. The summed E-state index contributed by atoms with van der Waals surface area (Å²) in [6.07, 6.45) is 0. The van der Waals surface area contributed by atoms with Crippen LogP contribution < -0.4 is 0 Å². The van der Waals surface area contributed by atoms with Gasteiger partial charge in [-0.2, -0.15) is 0 Å². The molecule has 0 N–H and O–H groups in total. The zero-order chi connectivity index (χ0) is 43.3. The maximum absolute atomic E-state index is 6.66. The van der Waals surface area contributed by atoms with Gasteiger partial charge in [0.05, 0.1) is 0 Å². The highest BCUT2D eigenvalue weighted by molar-refractivity contribution is 6.26. The van der Waals surface area contributed by atoms with Crippen molar-refractivity contribution in [2.75, 3.05) is 0 Å². The van der Waals surface area contributed by atoms with Gasteiger partial charge in [0.25, 0.3) is 0 Å². The van der Waals surface area contributed by atoms with Crippen molar-refractivity contribution in [3.05, 3.63) is 212 Å². The maximum Gasteiger partial charge on any atom is 0.164 e. The van der Waals surface area contributed by atoms with Crippen LogP contribution in [0.1, 0.15) is 0 Å². The van der Waals surface area contributed by atoms with E-state index in [1.165, 1.54) is 37.7 Å². The van der Waals surface area contributed by atoms with E-state index in [9.17, 15) is 0 Å². The first kappa shape index (κ1) is 36.5. The highest BCUT2D eigenvalue weighted by Gasteiger charge is 2.21. The lowest BCUT2D eigenvalue weighted by Crippen LogP contribution is -2.00. The Bertz CT molecular complexity index is 4260. The Morgan fingerprint density at radius 2 is 0.773 bits per heavy atom. The summed E-state index contributed by atoms with van der Waals surface area (Å²) in [7, 11) is 0. The predicted octanol–water partition coefficient (Wildman–Crippen LogP) is 16.6. The molecule has 306 valence electrons. The Morgan fingerprint density at radius 3 is 1.56 bits per heavy atom. The van der Waals surface area contributed by atoms with Crippen molar-refractivity contribution in [2.24, 2.45) is 0 Å². The van der Waals surface area contributed by atoms with Crippen molar-refractivity contribution in [3.8, 4) is 56.4 Å². The van der Waals surface area contributed by atoms with Gasteiger partial charge in [0.15, 0.2) is 17.5 Å². The normalized spacial score (nSPS) is 11.9. The maximum atomic E-state index is 6.66. The van der Waals surface area contributed by atoms with Gasteiger partial charge in [-0.25, -0.2) is 15.0 Å². The van der Waals surface area contributed by atoms with Gasteiger partial charge in [-0.1, -0.05) is 164 Å². The Hall–Kier alpha value is -8.93. The molecule has 0 spiro atoms. The molecule has 0 atom stereocenters. The van der Waals surface area contributed by atoms with Crippen LogP contribution in [0.3, 0.4) is 0 Å². The molecule has 3 heterocycles. The summed E-state index contributed by atoms with van der Waals surface area (Å²) in [4.78, 5) is 15.7. The van der Waals surface area contributed by atoms with E-state index in [2.05, 4.69) is 170 Å². The Labute approximate surface area is 377 Å². The van der Waals surface area contributed by atoms with E-state index in [4.69, 9.17) is 23.8 Å². The Balaban J connectivity index is 0.959. The van der Waals surface area contributed by atoms with Crippen LogP contribution in [0.2, 0.25) is 0 Å². The van der Waals surface area contributed by atoms with Crippen LogP contribution in [0.25, 0.3) is 143 Å². The second-order valence-electron chi connectivity index (χ2n) is 17.1. The van der Waals surface area contributed by atoms with Gasteiger partial charge in [0, 0.05) is 38.2 Å². The summed E-state index contributed by atoms with van der Waals surface area (Å²) in [5.74, 6) is 1.73. The van der Waals surface area contributed by atoms with E-state index >= 15 is 0 Å². The number of hydrogen-bond donors (Lipinski definition) is 0. The monoisotopic (exact) mass is 841 g/mol. The van der Waals surface area contributed by atoms with Gasteiger partial charge >= 0.3 is 0 Å². The first-order chi connectivity index (χ1) is 32.7. The average Bonchev–Trinajstić information content (AvgIpc) is 3.97. The topological polar surface area (TPSA) is 65.0 Å². The number of rotatable bonds is 5. The first-order valence-electron chi connectivity index (χ1n) is 22.2. The molecular weight excluding hydrogens is 807 g/mol. The van der Waals surface area contributed by atoms with Crippen molar-refractivity contribution in [3.63, 3.8) is 0 Å². The fourth-order valence-corrected chi connectivity index (χ4v) is 10.2. The molecule has 3 aromatic heterocycles. The van der Waals surface area contributed by atoms with Crippen LogP contribution in [-0.4, -0.2) is 15.0 Å². The predicted molar refractivity (Wildman–Crippen MR) is 272 cm³/mol. The number of fused-ring (bicyclic) bond motifs is 14. The van der Waals surface area contributed by atoms with Crippen LogP contribution in [0.4, 0.5) is 0 Å². The molecule has 0 radical (unpaired) electrons. The molecule has 0 fully saturated rings. The number of benzene rings is 11. The molecule has 0 bridgehead atoms. The van der Waals surface area contributed by atoms with Gasteiger partial charge in [-0.05, 0) is 114 Å². The zero-order valence-corrected chi connectivity index (χ0v) is 35.4. The number of hydrogen-bond acceptors (Lipinski definition) is 5. The summed E-state index contributed by atoms with van der Waals surface area (Å²) >= 11 is 0. The number of nitrogens with zero attached hydrogens (tertiary/aromatic N) is 3. The zero-order valence-electron chi connectivity index (χ0n) is 35.4. The second-order valence-corrected chi connectivity index (χ2v) is 17.1. The standard InChI is InChI=1S/C61H35N3O2/c1-2-14-37(15-3-1)59-62-60(41-17-12-16-38(31-41)39-25-28-48-46-21-7-6-19-44(46)45-20-8-9-22-47(45)51(48)32-39)64-61(63-59)42-34-50(58-49-23-10-11-24-53(49)66-56(58)35-42)40-27-29-54-52(33-40)57-43-18-5-4-13-36(43)26-30-55(57)65-54/h1-35H. The van der Waals surface area contributed by atoms with Crippen LogP contribution in [-0.2, 0) is 0 Å². The summed E-state index contributed by atoms with van der Waals surface area (Å²) in [6.45, 7) is 0. The molecule has 0 unspecified atom stereocenters. The molecule has 14 rings (SSSR count). The highest BCUT2D eigenvalue weighted by Crippen LogP contribution is 2.43. The second kappa shape index (κ2) is 14.3. The molecule has 0 aliphatic rings. The highest BCUT2D eigenvalue weighted by atomic mass is 16.3. The van der Waals surface area contributed by atoms with E-state index in [0.29, 0.717) is 17.5 Å². The lowest BCUT2D eigenvalue weighted by molar-refractivity contribution is 0.669. The van der Waals surface area contributed by atoms with Crippen LogP contribution >= 0.6 is 0 Å². The minimum Gasteiger partial charge on any atom is -0.456 e. The Kier molecular flexibility index (Phi) is 7.91. The molecule has 0 amide bonds. The van der Waals surface area contributed by atoms with Gasteiger partial charge in [0.2, 0.25) is 0 Å². The van der Waals surface area contributed by atoms with Crippen molar-refractivity contribution in [1.29, 1.82) is 0 Å². The van der Waals surface area contributed by atoms with Gasteiger partial charge in [-0.15, -0.1) is 0 Å². The number of aromatic nitrogens is 3. The smallest absolute Gasteiger partial charge is 0.164 e. The largest absolute Gasteiger partial charge is 0.456 e. The summed E-state index contributed by atoms with van der Waals surface area (Å²) in [5, 5.41) is 14.1. The van der Waals surface area contributed by atoms with Crippen LogP contribution in [0, 0.1) is 0 Å². The van der Waals surface area contributed by atoms with Gasteiger partial charge in [0.1, 0.15) is 22.3 Å². The third-order valence-corrected chi connectivity index (χ3v) is 13.3. The van der Waals surface area contributed by atoms with E-state index in [1.807, 2.05) is 42.5 Å². The van der Waals surface area contributed by atoms with Gasteiger partial charge < -0.3 is 8.83 Å². The summed E-state index contributed by atoms with van der Waals surface area (Å²) in [5.41, 5.74) is 10.2. The van der Waals surface area contributed by atoms with E-state index in [0.717, 1.165) is 88.2 Å². The van der Waals surface area contributed by atoms with Crippen LogP contribution in [0.15, 0.2) is 221 Å². The molecule has 14 aromatic rings. The SMILES string of the molecule is c1ccc(-c2nc(-c3cccc(-c4ccc5c6ccccc6c6ccccc6c5c4)c3)nc(-c3cc(-c4ccc5oc6ccc7ccccc7c6c5c4)c4c(c3)oc3ccccc34)n2)cc1. The van der Waals surface area contributed by atoms with Crippen molar-refractivity contribution in [2.45, 2.75) is 0 Å². The van der Waals surface area contributed by atoms with E-state index < -0.39 is 0 Å². The molecule has 5 nitrogen and oxygen atoms in total. The Morgan fingerprint density at radius 1 is 0.242 bits per heavy atom. The first-order valence-corrected chi connectivity index (χ1v) is 22.2. The third-order valence-electron chi connectivity index (χ3n) is 13.3. The molecule has 0 saturated heterocycles. The molecule has 66 heavy (non-hydrogen) atoms. The fourth-order valence-electron chi connectivity index (χ4n) is 10.2. The third kappa shape index (κ3) is 5.70. The summed E-state index contributed by atoms with van der Waals surface area (Å²) < 4.78 is 13.1. The molecule has 0 aliphatic heterocycles. The number of para-hydroxylation sites is 1. The van der Waals surface area contributed by atoms with Gasteiger partial charge in [-0.3, -0.25) is 0 Å². The molecule has 11 aromatic carbocycles. The van der Waals surface area contributed by atoms with Crippen LogP contribution in [0.5, 0.6) is 0 Å². The van der Waals surface area contributed by atoms with Crippen molar-refractivity contribution in [1.82, 2.24) is 15.0 Å². The summed E-state index contributed by atoms with van der Waals surface area (Å²) in [6, 6.07) is 74.6. The van der Waals surface area contributed by atoms with Crippen molar-refractivity contribution < 1.29 is 8.83 Å². The van der Waals surface area contributed by atoms with Crippen molar-refractivity contribution >= 4 is 87.0 Å². The lowest BCUT2D eigenvalue weighted by Gasteiger charge is -2.13. The molecule has 5 heteroatoms. The molecular formula is C61H35N3O2. The number of furan rings is 2. The molecule has 0 saturated carbocycles. The fraction of sp³-hybridized carbons (Fsp3) is 0.